The first-order valence-corrected chi connectivity index (χ1v) is 9.58. The average molecular weight is 512 g/mol. The largest absolute Gasteiger partial charge is 0.355 e. The molecular weight excluding hydrogens is 486 g/mol. The highest BCUT2D eigenvalue weighted by atomic mass is 127. The number of nitrogens with zero attached hydrogens (tertiary/aromatic N) is 4. The summed E-state index contributed by atoms with van der Waals surface area (Å²) in [7, 11) is 1.75. The molecule has 9 heteroatoms. The van der Waals surface area contributed by atoms with Crippen LogP contribution in [0.1, 0.15) is 24.8 Å². The van der Waals surface area contributed by atoms with E-state index in [0.29, 0.717) is 18.7 Å². The first kappa shape index (κ1) is 21.5. The molecule has 0 saturated carbocycles. The zero-order valence-electron chi connectivity index (χ0n) is 16.4. The maximum atomic E-state index is 14.5. The van der Waals surface area contributed by atoms with Gasteiger partial charge in [0.1, 0.15) is 5.82 Å². The number of rotatable bonds is 3. The summed E-state index contributed by atoms with van der Waals surface area (Å²) in [5, 5.41) is 6.30. The third-order valence-electron chi connectivity index (χ3n) is 5.61. The Bertz CT molecular complexity index is 887. The number of aliphatic imine (C=N–C) groups is 1. The molecular formula is C20H26FIN6O. The van der Waals surface area contributed by atoms with Crippen molar-refractivity contribution in [2.75, 3.05) is 26.7 Å². The molecule has 2 saturated heterocycles. The highest BCUT2D eigenvalue weighted by molar-refractivity contribution is 14.0. The summed E-state index contributed by atoms with van der Waals surface area (Å²) < 4.78 is 16.1. The Labute approximate surface area is 186 Å². The van der Waals surface area contributed by atoms with Crippen molar-refractivity contribution in [2.45, 2.75) is 25.8 Å². The van der Waals surface area contributed by atoms with E-state index in [1.165, 1.54) is 6.07 Å². The fourth-order valence-corrected chi connectivity index (χ4v) is 4.21. The molecule has 1 atom stereocenters. The number of guanidine groups is 1. The van der Waals surface area contributed by atoms with Crippen LogP contribution in [0.15, 0.2) is 41.9 Å². The number of hydrogen-bond acceptors (Lipinski definition) is 3. The lowest BCUT2D eigenvalue weighted by atomic mass is 9.79. The molecule has 2 aliphatic heterocycles. The van der Waals surface area contributed by atoms with Gasteiger partial charge >= 0.3 is 0 Å². The predicted molar refractivity (Wildman–Crippen MR) is 120 cm³/mol. The number of halogens is 2. The van der Waals surface area contributed by atoms with E-state index in [9.17, 15) is 9.18 Å². The van der Waals surface area contributed by atoms with Crippen LogP contribution >= 0.6 is 24.0 Å². The Morgan fingerprint density at radius 1 is 1.45 bits per heavy atom. The molecule has 29 heavy (non-hydrogen) atoms. The van der Waals surface area contributed by atoms with Crippen LogP contribution in [-0.2, 0) is 11.3 Å². The van der Waals surface area contributed by atoms with Gasteiger partial charge in [0.15, 0.2) is 5.96 Å². The molecule has 7 nitrogen and oxygen atoms in total. The summed E-state index contributed by atoms with van der Waals surface area (Å²) >= 11 is 0. The molecule has 0 radical (unpaired) electrons. The third-order valence-corrected chi connectivity index (χ3v) is 5.61. The Kier molecular flexibility index (Phi) is 6.76. The van der Waals surface area contributed by atoms with Crippen LogP contribution < -0.4 is 10.6 Å². The van der Waals surface area contributed by atoms with E-state index in [0.717, 1.165) is 44.0 Å². The van der Waals surface area contributed by atoms with Crippen molar-refractivity contribution in [3.8, 4) is 5.69 Å². The van der Waals surface area contributed by atoms with Gasteiger partial charge in [-0.05, 0) is 30.5 Å². The molecule has 4 rings (SSSR count). The van der Waals surface area contributed by atoms with Crippen LogP contribution in [0.5, 0.6) is 0 Å². The number of carbonyl (C=O) groups excluding carboxylic acids is 1. The summed E-state index contributed by atoms with van der Waals surface area (Å²) in [5.74, 6) is 0.635. The molecule has 1 unspecified atom stereocenters. The van der Waals surface area contributed by atoms with Crippen molar-refractivity contribution in [2.24, 2.45) is 10.4 Å². The summed E-state index contributed by atoms with van der Waals surface area (Å²) in [4.78, 5) is 22.3. The number of benzene rings is 1. The third kappa shape index (κ3) is 4.71. The van der Waals surface area contributed by atoms with Crippen LogP contribution in [0, 0.1) is 11.2 Å². The zero-order valence-corrected chi connectivity index (χ0v) is 18.7. The number of piperidine rings is 1. The van der Waals surface area contributed by atoms with Gasteiger partial charge in [-0.15, -0.1) is 24.0 Å². The van der Waals surface area contributed by atoms with Crippen LogP contribution in [0.3, 0.4) is 0 Å². The van der Waals surface area contributed by atoms with Gasteiger partial charge in [0.25, 0.3) is 0 Å². The van der Waals surface area contributed by atoms with Gasteiger partial charge in [0, 0.05) is 57.5 Å². The lowest BCUT2D eigenvalue weighted by Gasteiger charge is -2.40. The first-order chi connectivity index (χ1) is 13.6. The number of aromatic nitrogens is 2. The second kappa shape index (κ2) is 9.10. The first-order valence-electron chi connectivity index (χ1n) is 9.58. The van der Waals surface area contributed by atoms with Gasteiger partial charge in [-0.25, -0.2) is 9.37 Å². The molecule has 2 fully saturated rings. The molecule has 2 aromatic rings. The van der Waals surface area contributed by atoms with E-state index < -0.39 is 0 Å². The highest BCUT2D eigenvalue weighted by Crippen LogP contribution is 2.36. The number of hydrogen-bond donors (Lipinski definition) is 2. The number of carbonyl (C=O) groups is 1. The highest BCUT2D eigenvalue weighted by Gasteiger charge is 2.42. The molecule has 1 spiro atoms. The van der Waals surface area contributed by atoms with Gasteiger partial charge in [-0.1, -0.05) is 6.07 Å². The second-order valence-corrected chi connectivity index (χ2v) is 7.64. The van der Waals surface area contributed by atoms with Crippen LogP contribution in [0.2, 0.25) is 0 Å². The molecule has 1 amide bonds. The van der Waals surface area contributed by atoms with Crippen molar-refractivity contribution in [1.82, 2.24) is 25.1 Å². The van der Waals surface area contributed by atoms with E-state index in [2.05, 4.69) is 25.5 Å². The molecule has 3 heterocycles. The van der Waals surface area contributed by atoms with Crippen molar-refractivity contribution < 1.29 is 9.18 Å². The summed E-state index contributed by atoms with van der Waals surface area (Å²) in [6.45, 7) is 2.93. The lowest BCUT2D eigenvalue weighted by Crippen LogP contribution is -2.51. The predicted octanol–water partition coefficient (Wildman–Crippen LogP) is 2.31. The minimum absolute atomic E-state index is 0. The normalized spacial score (nSPS) is 21.8. The summed E-state index contributed by atoms with van der Waals surface area (Å²) in [6, 6.07) is 5.19. The van der Waals surface area contributed by atoms with Crippen molar-refractivity contribution in [1.29, 1.82) is 0 Å². The van der Waals surface area contributed by atoms with E-state index in [-0.39, 0.29) is 41.1 Å². The smallest absolute Gasteiger partial charge is 0.220 e. The fourth-order valence-electron chi connectivity index (χ4n) is 4.21. The number of imidazole rings is 1. The lowest BCUT2D eigenvalue weighted by molar-refractivity contribution is -0.119. The molecule has 2 aliphatic rings. The Morgan fingerprint density at radius 2 is 2.31 bits per heavy atom. The summed E-state index contributed by atoms with van der Waals surface area (Å²) in [5.41, 5.74) is 1.32. The molecule has 1 aromatic carbocycles. The van der Waals surface area contributed by atoms with Crippen molar-refractivity contribution in [3.63, 3.8) is 0 Å². The summed E-state index contributed by atoms with van der Waals surface area (Å²) in [6.07, 6.45) is 7.59. The van der Waals surface area contributed by atoms with Gasteiger partial charge in [-0.2, -0.15) is 0 Å². The minimum atomic E-state index is -0.292. The standard InChI is InChI=1S/C20H25FN6O.HI/c1-22-19(26-7-2-5-20(13-26)10-18(28)25-12-20)24-11-15-3-4-17(16(21)9-15)27-8-6-23-14-27;/h3-4,6,8-9,14H,2,5,7,10-13H2,1H3,(H,22,24)(H,25,28);1H. The molecule has 1 aromatic heterocycles. The quantitative estimate of drug-likeness (QED) is 0.376. The van der Waals surface area contributed by atoms with E-state index in [1.807, 2.05) is 6.07 Å². The number of amides is 1. The van der Waals surface area contributed by atoms with Gasteiger partial charge in [-0.3, -0.25) is 9.79 Å². The topological polar surface area (TPSA) is 74.6 Å². The SMILES string of the molecule is CN=C(NCc1ccc(-n2ccnc2)c(F)c1)N1CCCC2(CNC(=O)C2)C1.I. The average Bonchev–Trinajstić information content (AvgIpc) is 3.33. The van der Waals surface area contributed by atoms with E-state index in [1.54, 1.807) is 36.4 Å². The van der Waals surface area contributed by atoms with Crippen LogP contribution in [-0.4, -0.2) is 53.0 Å². The fraction of sp³-hybridized carbons (Fsp3) is 0.450. The Morgan fingerprint density at radius 3 is 2.97 bits per heavy atom. The van der Waals surface area contributed by atoms with Crippen molar-refractivity contribution >= 4 is 35.8 Å². The zero-order chi connectivity index (χ0) is 19.6. The molecule has 2 N–H and O–H groups in total. The van der Waals surface area contributed by atoms with Crippen LogP contribution in [0.25, 0.3) is 5.69 Å². The van der Waals surface area contributed by atoms with E-state index >= 15 is 0 Å². The maximum absolute atomic E-state index is 14.5. The molecule has 0 aliphatic carbocycles. The van der Waals surface area contributed by atoms with Gasteiger partial charge in [0.2, 0.25) is 5.91 Å². The Balaban J connectivity index is 0.00000240. The van der Waals surface area contributed by atoms with E-state index in [4.69, 9.17) is 0 Å². The number of nitrogens with one attached hydrogen (secondary N) is 2. The Hall–Kier alpha value is -2.17. The minimum Gasteiger partial charge on any atom is -0.355 e. The molecule has 156 valence electrons. The second-order valence-electron chi connectivity index (χ2n) is 7.64. The molecule has 0 bridgehead atoms. The number of likely N-dealkylation sites (tertiary alicyclic amines) is 1. The van der Waals surface area contributed by atoms with Crippen molar-refractivity contribution in [3.05, 3.63) is 48.3 Å². The monoisotopic (exact) mass is 512 g/mol. The van der Waals surface area contributed by atoms with Crippen LogP contribution in [0.4, 0.5) is 4.39 Å². The maximum Gasteiger partial charge on any atom is 0.220 e. The van der Waals surface area contributed by atoms with Gasteiger partial charge in [0.05, 0.1) is 12.0 Å². The van der Waals surface area contributed by atoms with Gasteiger partial charge < -0.3 is 20.1 Å².